The largest absolute Gasteiger partial charge is 0.394 e. The van der Waals surface area contributed by atoms with Gasteiger partial charge in [-0.15, -0.1) is 0 Å². The first-order valence-corrected chi connectivity index (χ1v) is 9.35. The molecule has 1 aliphatic rings. The van der Waals surface area contributed by atoms with Crippen molar-refractivity contribution in [2.24, 2.45) is 4.99 Å². The number of aliphatic hydroxyl groups excluding tert-OH is 1. The Bertz CT molecular complexity index is 1060. The first-order valence-electron chi connectivity index (χ1n) is 9.35. The molecule has 0 aromatic heterocycles. The Balaban J connectivity index is 1.57. The molecule has 1 heterocycles. The summed E-state index contributed by atoms with van der Waals surface area (Å²) in [5, 5.41) is 12.7. The van der Waals surface area contributed by atoms with Crippen LogP contribution in [0.5, 0.6) is 0 Å². The van der Waals surface area contributed by atoms with Crippen LogP contribution in [0.2, 0.25) is 0 Å². The van der Waals surface area contributed by atoms with Gasteiger partial charge in [-0.05, 0) is 52.9 Å². The van der Waals surface area contributed by atoms with Crippen molar-refractivity contribution in [3.8, 4) is 11.1 Å². The molecule has 1 unspecified atom stereocenters. The molecule has 0 saturated heterocycles. The van der Waals surface area contributed by atoms with Gasteiger partial charge in [-0.2, -0.15) is 0 Å². The Morgan fingerprint density at radius 2 is 1.89 bits per heavy atom. The van der Waals surface area contributed by atoms with Crippen molar-refractivity contribution in [3.63, 3.8) is 0 Å². The van der Waals surface area contributed by atoms with Gasteiger partial charge in [0.1, 0.15) is 0 Å². The summed E-state index contributed by atoms with van der Waals surface area (Å²) in [5.41, 5.74) is 6.94. The Kier molecular flexibility index (Phi) is 5.04. The fourth-order valence-electron chi connectivity index (χ4n) is 3.48. The van der Waals surface area contributed by atoms with E-state index in [4.69, 9.17) is 0 Å². The molecule has 0 radical (unpaired) electrons. The van der Waals surface area contributed by atoms with Crippen molar-refractivity contribution in [1.29, 1.82) is 0 Å². The Morgan fingerprint density at radius 1 is 1.07 bits per heavy atom. The average molecular weight is 370 g/mol. The third-order valence-corrected chi connectivity index (χ3v) is 5.03. The maximum atomic E-state index is 12.8. The molecule has 0 bridgehead atoms. The number of hydrogen-bond donors (Lipinski definition) is 2. The highest BCUT2D eigenvalue weighted by molar-refractivity contribution is 5.96. The van der Waals surface area contributed by atoms with E-state index in [0.717, 1.165) is 34.4 Å². The summed E-state index contributed by atoms with van der Waals surface area (Å²) in [6, 6.07) is 21.2. The van der Waals surface area contributed by atoms with E-state index >= 15 is 0 Å². The number of hydrogen-bond acceptors (Lipinski definition) is 3. The minimum Gasteiger partial charge on any atom is -0.394 e. The van der Waals surface area contributed by atoms with Crippen molar-refractivity contribution >= 4 is 12.1 Å². The van der Waals surface area contributed by atoms with Crippen LogP contribution in [0.3, 0.4) is 0 Å². The highest BCUT2D eigenvalue weighted by Crippen LogP contribution is 2.25. The Hall–Kier alpha value is -3.24. The van der Waals surface area contributed by atoms with Gasteiger partial charge in [-0.3, -0.25) is 9.79 Å². The van der Waals surface area contributed by atoms with E-state index in [9.17, 15) is 9.90 Å². The lowest BCUT2D eigenvalue weighted by Crippen LogP contribution is -2.30. The lowest BCUT2D eigenvalue weighted by Gasteiger charge is -2.17. The maximum Gasteiger partial charge on any atom is 0.251 e. The van der Waals surface area contributed by atoms with Gasteiger partial charge in [0.15, 0.2) is 0 Å². The van der Waals surface area contributed by atoms with Crippen molar-refractivity contribution < 1.29 is 9.90 Å². The highest BCUT2D eigenvalue weighted by Gasteiger charge is 2.16. The van der Waals surface area contributed by atoms with Crippen molar-refractivity contribution in [2.75, 3.05) is 6.61 Å². The van der Waals surface area contributed by atoms with Crippen LogP contribution in [0, 0.1) is 6.92 Å². The molecule has 28 heavy (non-hydrogen) atoms. The second-order valence-corrected chi connectivity index (χ2v) is 7.09. The second-order valence-electron chi connectivity index (χ2n) is 7.09. The quantitative estimate of drug-likeness (QED) is 0.711. The van der Waals surface area contributed by atoms with E-state index < -0.39 is 6.04 Å². The van der Waals surface area contributed by atoms with Crippen LogP contribution in [0.4, 0.5) is 0 Å². The first kappa shape index (κ1) is 18.1. The molecule has 4 heteroatoms. The van der Waals surface area contributed by atoms with E-state index in [0.29, 0.717) is 5.56 Å². The molecule has 4 rings (SSSR count). The number of carbonyl (C=O) groups is 1. The van der Waals surface area contributed by atoms with Crippen LogP contribution >= 0.6 is 0 Å². The molecule has 1 amide bonds. The number of aliphatic imine (C=N–C) groups is 1. The van der Waals surface area contributed by atoms with Crippen LogP contribution in [0.25, 0.3) is 11.1 Å². The molecular formula is C24H22N2O2. The zero-order valence-corrected chi connectivity index (χ0v) is 15.7. The van der Waals surface area contributed by atoms with Crippen molar-refractivity contribution in [2.45, 2.75) is 19.5 Å². The smallest absolute Gasteiger partial charge is 0.251 e. The third kappa shape index (κ3) is 3.73. The number of carbonyl (C=O) groups excluding carboxylic acids is 1. The van der Waals surface area contributed by atoms with E-state index in [1.54, 1.807) is 6.07 Å². The Labute approximate surface area is 164 Å². The summed E-state index contributed by atoms with van der Waals surface area (Å²) in [5.74, 6) is -0.204. The molecule has 0 saturated carbocycles. The molecule has 0 spiro atoms. The summed E-state index contributed by atoms with van der Waals surface area (Å²) in [7, 11) is 0. The van der Waals surface area contributed by atoms with Crippen molar-refractivity contribution in [3.05, 3.63) is 94.5 Å². The molecule has 140 valence electrons. The standard InChI is InChI=1S/C24H22N2O2/c1-16-4-2-6-19(10-16)23(15-27)26-24(28)20-7-3-5-17(11-20)18-8-9-21-13-25-14-22(21)12-18/h2-12,14,23,27H,13,15H2,1H3,(H,26,28). The van der Waals surface area contributed by atoms with Crippen LogP contribution < -0.4 is 5.32 Å². The van der Waals surface area contributed by atoms with Crippen molar-refractivity contribution in [1.82, 2.24) is 5.32 Å². The van der Waals surface area contributed by atoms with Gasteiger partial charge in [0.25, 0.3) is 5.91 Å². The zero-order chi connectivity index (χ0) is 19.5. The first-order chi connectivity index (χ1) is 13.6. The number of rotatable bonds is 5. The van der Waals surface area contributed by atoms with E-state index in [1.807, 2.05) is 55.6 Å². The minimum atomic E-state index is -0.438. The number of nitrogens with zero attached hydrogens (tertiary/aromatic N) is 1. The van der Waals surface area contributed by atoms with Gasteiger partial charge in [-0.25, -0.2) is 0 Å². The summed E-state index contributed by atoms with van der Waals surface area (Å²) in [6.07, 6.45) is 1.89. The number of benzene rings is 3. The maximum absolute atomic E-state index is 12.8. The number of nitrogens with one attached hydrogen (secondary N) is 1. The molecule has 2 N–H and O–H groups in total. The minimum absolute atomic E-state index is 0.154. The number of fused-ring (bicyclic) bond motifs is 1. The van der Waals surface area contributed by atoms with Crippen LogP contribution in [-0.2, 0) is 6.54 Å². The van der Waals surface area contributed by atoms with E-state index in [-0.39, 0.29) is 12.5 Å². The van der Waals surface area contributed by atoms with Gasteiger partial charge >= 0.3 is 0 Å². The summed E-state index contributed by atoms with van der Waals surface area (Å²) in [6.45, 7) is 2.57. The van der Waals surface area contributed by atoms with Gasteiger partial charge in [-0.1, -0.05) is 54.1 Å². The Morgan fingerprint density at radius 3 is 2.71 bits per heavy atom. The number of amides is 1. The molecule has 4 nitrogen and oxygen atoms in total. The second kappa shape index (κ2) is 7.79. The normalized spacial score (nSPS) is 13.2. The van der Waals surface area contributed by atoms with Gasteiger partial charge in [0.05, 0.1) is 19.2 Å². The molecule has 3 aromatic rings. The summed E-state index contributed by atoms with van der Waals surface area (Å²) in [4.78, 5) is 17.1. The molecule has 3 aromatic carbocycles. The molecule has 0 aliphatic carbocycles. The monoisotopic (exact) mass is 370 g/mol. The third-order valence-electron chi connectivity index (χ3n) is 5.03. The van der Waals surface area contributed by atoms with E-state index in [1.165, 1.54) is 5.56 Å². The SMILES string of the molecule is Cc1cccc(C(CO)NC(=O)c2cccc(-c3ccc4c(c3)C=NC4)c2)c1. The molecule has 0 fully saturated rings. The lowest BCUT2D eigenvalue weighted by atomic mass is 9.98. The number of aryl methyl sites for hydroxylation is 1. The van der Waals surface area contributed by atoms with Crippen LogP contribution in [-0.4, -0.2) is 23.8 Å². The summed E-state index contributed by atoms with van der Waals surface area (Å²) >= 11 is 0. The lowest BCUT2D eigenvalue weighted by molar-refractivity contribution is 0.0916. The van der Waals surface area contributed by atoms with Gasteiger partial charge < -0.3 is 10.4 Å². The van der Waals surface area contributed by atoms with Gasteiger partial charge in [0.2, 0.25) is 0 Å². The average Bonchev–Trinajstić information content (AvgIpc) is 3.20. The van der Waals surface area contributed by atoms with Crippen LogP contribution in [0.1, 0.15) is 38.7 Å². The fraction of sp³-hybridized carbons (Fsp3) is 0.167. The van der Waals surface area contributed by atoms with Gasteiger partial charge in [0, 0.05) is 11.8 Å². The van der Waals surface area contributed by atoms with Crippen LogP contribution in [0.15, 0.2) is 71.7 Å². The van der Waals surface area contributed by atoms with E-state index in [2.05, 4.69) is 28.5 Å². The molecule has 1 atom stereocenters. The fourth-order valence-corrected chi connectivity index (χ4v) is 3.48. The molecular weight excluding hydrogens is 348 g/mol. The highest BCUT2D eigenvalue weighted by atomic mass is 16.3. The summed E-state index contributed by atoms with van der Waals surface area (Å²) < 4.78 is 0. The predicted octanol–water partition coefficient (Wildman–Crippen LogP) is 4.06. The number of aliphatic hydroxyl groups is 1. The predicted molar refractivity (Wildman–Crippen MR) is 112 cm³/mol. The zero-order valence-electron chi connectivity index (χ0n) is 15.7. The molecule has 1 aliphatic heterocycles. The topological polar surface area (TPSA) is 61.7 Å².